The van der Waals surface area contributed by atoms with Gasteiger partial charge >= 0.3 is 0 Å². The molecule has 0 unspecified atom stereocenters. The van der Waals surface area contributed by atoms with Crippen molar-refractivity contribution >= 4 is 11.6 Å². The predicted molar refractivity (Wildman–Crippen MR) is 49.8 cm³/mol. The molecule has 0 bridgehead atoms. The predicted octanol–water partition coefficient (Wildman–Crippen LogP) is 1.24. The quantitative estimate of drug-likeness (QED) is 0.634. The number of aryl methyl sites for hydroxylation is 1. The summed E-state index contributed by atoms with van der Waals surface area (Å²) >= 11 is 0. The molecule has 2 aliphatic rings. The molecular formula is C10H12N2O. The van der Waals surface area contributed by atoms with Gasteiger partial charge in [0.05, 0.1) is 5.69 Å². The fraction of sp³-hybridized carbons (Fsp3) is 0.500. The van der Waals surface area contributed by atoms with Gasteiger partial charge in [-0.05, 0) is 18.4 Å². The van der Waals surface area contributed by atoms with Gasteiger partial charge in [0.2, 0.25) is 5.91 Å². The van der Waals surface area contributed by atoms with Crippen LogP contribution < -0.4 is 4.90 Å². The maximum atomic E-state index is 11.7. The van der Waals surface area contributed by atoms with E-state index in [0.717, 1.165) is 25.8 Å². The third-order valence-electron chi connectivity index (χ3n) is 3.00. The first-order chi connectivity index (χ1) is 6.36. The number of rotatable bonds is 0. The van der Waals surface area contributed by atoms with Crippen molar-refractivity contribution in [2.24, 2.45) is 0 Å². The second-order valence-corrected chi connectivity index (χ2v) is 3.79. The van der Waals surface area contributed by atoms with Gasteiger partial charge in [-0.25, -0.2) is 0 Å². The zero-order chi connectivity index (χ0) is 8.84. The lowest BCUT2D eigenvalue weighted by atomic mass is 10.1. The van der Waals surface area contributed by atoms with Gasteiger partial charge in [-0.3, -0.25) is 4.79 Å². The van der Waals surface area contributed by atoms with Gasteiger partial charge < -0.3 is 9.88 Å². The highest BCUT2D eigenvalue weighted by Crippen LogP contribution is 2.35. The lowest BCUT2D eigenvalue weighted by Crippen LogP contribution is -2.27. The van der Waals surface area contributed by atoms with Gasteiger partial charge in [-0.15, -0.1) is 0 Å². The van der Waals surface area contributed by atoms with Crippen LogP contribution in [0.4, 0.5) is 5.69 Å². The standard InChI is InChI=1S/C10H12N2O/c13-9-3-1-2-7-6-11-8-4-5-12(9)10(7)8/h6,11H,1-5H2. The Labute approximate surface area is 76.7 Å². The first-order valence-electron chi connectivity index (χ1n) is 4.86. The zero-order valence-electron chi connectivity index (χ0n) is 7.47. The lowest BCUT2D eigenvalue weighted by Gasteiger charge is -2.14. The van der Waals surface area contributed by atoms with Gasteiger partial charge in [0.15, 0.2) is 0 Å². The molecule has 3 nitrogen and oxygen atoms in total. The molecule has 0 fully saturated rings. The molecule has 3 heteroatoms. The Morgan fingerprint density at radius 2 is 2.23 bits per heavy atom. The Morgan fingerprint density at radius 3 is 3.15 bits per heavy atom. The van der Waals surface area contributed by atoms with Crippen LogP contribution in [0.1, 0.15) is 24.1 Å². The summed E-state index contributed by atoms with van der Waals surface area (Å²) in [7, 11) is 0. The number of hydrogen-bond donors (Lipinski definition) is 1. The van der Waals surface area contributed by atoms with Gasteiger partial charge in [-0.1, -0.05) is 0 Å². The molecule has 0 spiro atoms. The second kappa shape index (κ2) is 2.37. The highest BCUT2D eigenvalue weighted by molar-refractivity contribution is 5.96. The molecule has 0 atom stereocenters. The largest absolute Gasteiger partial charge is 0.363 e. The second-order valence-electron chi connectivity index (χ2n) is 3.79. The number of H-pyrrole nitrogens is 1. The fourth-order valence-electron chi connectivity index (χ4n) is 2.37. The summed E-state index contributed by atoms with van der Waals surface area (Å²) in [6.45, 7) is 0.883. The molecule has 13 heavy (non-hydrogen) atoms. The zero-order valence-corrected chi connectivity index (χ0v) is 7.47. The first kappa shape index (κ1) is 7.18. The average Bonchev–Trinajstić information content (AvgIpc) is 2.63. The Morgan fingerprint density at radius 1 is 1.31 bits per heavy atom. The molecule has 1 aromatic rings. The molecule has 1 N–H and O–H groups in total. The smallest absolute Gasteiger partial charge is 0.227 e. The summed E-state index contributed by atoms with van der Waals surface area (Å²) < 4.78 is 0. The van der Waals surface area contributed by atoms with Crippen LogP contribution >= 0.6 is 0 Å². The number of nitrogens with one attached hydrogen (secondary N) is 1. The molecule has 0 radical (unpaired) electrons. The van der Waals surface area contributed by atoms with E-state index in [1.54, 1.807) is 0 Å². The van der Waals surface area contributed by atoms with Crippen LogP contribution in [-0.2, 0) is 17.6 Å². The van der Waals surface area contributed by atoms with Crippen LogP contribution in [-0.4, -0.2) is 17.4 Å². The maximum Gasteiger partial charge on any atom is 0.227 e. The Balaban J connectivity index is 2.17. The number of aromatic nitrogens is 1. The van der Waals surface area contributed by atoms with E-state index in [0.29, 0.717) is 12.3 Å². The Kier molecular flexibility index (Phi) is 1.31. The SMILES string of the molecule is O=C1CCCc2c[nH]c3c2N1CC3. The van der Waals surface area contributed by atoms with Crippen LogP contribution in [0.2, 0.25) is 0 Å². The van der Waals surface area contributed by atoms with Crippen LogP contribution in [0.5, 0.6) is 0 Å². The van der Waals surface area contributed by atoms with Crippen molar-refractivity contribution in [3.8, 4) is 0 Å². The van der Waals surface area contributed by atoms with E-state index in [2.05, 4.69) is 11.2 Å². The number of amides is 1. The van der Waals surface area contributed by atoms with E-state index in [-0.39, 0.29) is 0 Å². The average molecular weight is 176 g/mol. The Bertz CT molecular complexity index is 367. The van der Waals surface area contributed by atoms with E-state index in [4.69, 9.17) is 0 Å². The van der Waals surface area contributed by atoms with Gasteiger partial charge in [-0.2, -0.15) is 0 Å². The summed E-state index contributed by atoms with van der Waals surface area (Å²) in [5.74, 6) is 0.303. The van der Waals surface area contributed by atoms with Crippen molar-refractivity contribution < 1.29 is 4.79 Å². The van der Waals surface area contributed by atoms with E-state index in [1.807, 2.05) is 4.90 Å². The van der Waals surface area contributed by atoms with E-state index >= 15 is 0 Å². The number of nitrogens with zero attached hydrogens (tertiary/aromatic N) is 1. The number of anilines is 1. The van der Waals surface area contributed by atoms with Gasteiger partial charge in [0.25, 0.3) is 0 Å². The van der Waals surface area contributed by atoms with Crippen LogP contribution in [0.25, 0.3) is 0 Å². The summed E-state index contributed by atoms with van der Waals surface area (Å²) in [6, 6.07) is 0. The van der Waals surface area contributed by atoms with E-state index < -0.39 is 0 Å². The molecule has 3 heterocycles. The Hall–Kier alpha value is -1.25. The summed E-state index contributed by atoms with van der Waals surface area (Å²) in [5.41, 5.74) is 3.78. The summed E-state index contributed by atoms with van der Waals surface area (Å²) in [5, 5.41) is 0. The van der Waals surface area contributed by atoms with Crippen molar-refractivity contribution in [3.05, 3.63) is 17.5 Å². The first-order valence-corrected chi connectivity index (χ1v) is 4.86. The van der Waals surface area contributed by atoms with Crippen molar-refractivity contribution in [2.45, 2.75) is 25.7 Å². The van der Waals surface area contributed by atoms with Crippen molar-refractivity contribution in [2.75, 3.05) is 11.4 Å². The minimum Gasteiger partial charge on any atom is -0.363 e. The van der Waals surface area contributed by atoms with E-state index in [9.17, 15) is 4.79 Å². The summed E-state index contributed by atoms with van der Waals surface area (Å²) in [6.07, 6.45) is 5.83. The molecule has 68 valence electrons. The molecule has 0 aromatic carbocycles. The maximum absolute atomic E-state index is 11.7. The van der Waals surface area contributed by atoms with Gasteiger partial charge in [0, 0.05) is 31.3 Å². The minimum atomic E-state index is 0.303. The fourth-order valence-corrected chi connectivity index (χ4v) is 2.37. The molecule has 1 aromatic heterocycles. The topological polar surface area (TPSA) is 36.1 Å². The molecule has 0 saturated carbocycles. The van der Waals surface area contributed by atoms with Crippen molar-refractivity contribution in [3.63, 3.8) is 0 Å². The number of carbonyl (C=O) groups excluding carboxylic acids is 1. The van der Waals surface area contributed by atoms with E-state index in [1.165, 1.54) is 16.9 Å². The highest BCUT2D eigenvalue weighted by atomic mass is 16.2. The third-order valence-corrected chi connectivity index (χ3v) is 3.00. The normalized spacial score (nSPS) is 20.3. The third kappa shape index (κ3) is 0.870. The van der Waals surface area contributed by atoms with Crippen LogP contribution in [0.3, 0.4) is 0 Å². The monoisotopic (exact) mass is 176 g/mol. The number of aromatic amines is 1. The van der Waals surface area contributed by atoms with Crippen molar-refractivity contribution in [1.29, 1.82) is 0 Å². The molecular weight excluding hydrogens is 164 g/mol. The number of hydrogen-bond acceptors (Lipinski definition) is 1. The lowest BCUT2D eigenvalue weighted by molar-refractivity contribution is -0.118. The van der Waals surface area contributed by atoms with Crippen LogP contribution in [0, 0.1) is 0 Å². The summed E-state index contributed by atoms with van der Waals surface area (Å²) in [4.78, 5) is 16.9. The van der Waals surface area contributed by atoms with Crippen molar-refractivity contribution in [1.82, 2.24) is 4.98 Å². The molecule has 1 amide bonds. The van der Waals surface area contributed by atoms with Crippen LogP contribution in [0.15, 0.2) is 6.20 Å². The minimum absolute atomic E-state index is 0.303. The molecule has 0 aliphatic carbocycles. The highest BCUT2D eigenvalue weighted by Gasteiger charge is 2.30. The molecule has 3 rings (SSSR count). The number of carbonyl (C=O) groups is 1. The molecule has 2 aliphatic heterocycles. The molecule has 0 saturated heterocycles. The van der Waals surface area contributed by atoms with Gasteiger partial charge in [0.1, 0.15) is 0 Å².